The maximum absolute atomic E-state index is 11.9. The zero-order valence-corrected chi connectivity index (χ0v) is 15.7. The van der Waals surface area contributed by atoms with E-state index in [2.05, 4.69) is 5.32 Å². The third-order valence-electron chi connectivity index (χ3n) is 3.49. The molecule has 2 aromatic carbocycles. The maximum Gasteiger partial charge on any atom is 0.309 e. The van der Waals surface area contributed by atoms with Crippen molar-refractivity contribution in [2.45, 2.75) is 19.4 Å². The average molecular weight is 396 g/mol. The van der Waals surface area contributed by atoms with Crippen molar-refractivity contribution in [1.29, 1.82) is 0 Å². The summed E-state index contributed by atoms with van der Waals surface area (Å²) in [6, 6.07) is 13.8. The standard InChI is InChI=1S/C19H19Cl2NO4/c1-13(16-8-7-14(20)11-17(16)21)22-18(23)12-26-19(24)9-10-25-15-5-3-2-4-6-15/h2-8,11,13H,9-10,12H2,1H3,(H,22,23)/t13-/m0/s1. The largest absolute Gasteiger partial charge is 0.493 e. The van der Waals surface area contributed by atoms with Crippen molar-refractivity contribution >= 4 is 35.1 Å². The van der Waals surface area contributed by atoms with Crippen LogP contribution in [0.2, 0.25) is 10.0 Å². The fraction of sp³-hybridized carbons (Fsp3) is 0.263. The highest BCUT2D eigenvalue weighted by Gasteiger charge is 2.14. The predicted molar refractivity (Wildman–Crippen MR) is 101 cm³/mol. The van der Waals surface area contributed by atoms with Crippen LogP contribution in [-0.2, 0) is 14.3 Å². The molecule has 1 N–H and O–H groups in total. The smallest absolute Gasteiger partial charge is 0.309 e. The summed E-state index contributed by atoms with van der Waals surface area (Å²) in [6.45, 7) is 1.60. The van der Waals surface area contributed by atoms with Crippen LogP contribution in [0.25, 0.3) is 0 Å². The first-order valence-corrected chi connectivity index (χ1v) is 8.79. The van der Waals surface area contributed by atoms with E-state index in [1.807, 2.05) is 18.2 Å². The van der Waals surface area contributed by atoms with Gasteiger partial charge < -0.3 is 14.8 Å². The van der Waals surface area contributed by atoms with Crippen LogP contribution < -0.4 is 10.1 Å². The summed E-state index contributed by atoms with van der Waals surface area (Å²) in [5, 5.41) is 3.70. The maximum atomic E-state index is 11.9. The van der Waals surface area contributed by atoms with E-state index in [4.69, 9.17) is 32.7 Å². The quantitative estimate of drug-likeness (QED) is 0.680. The summed E-state index contributed by atoms with van der Waals surface area (Å²) in [6.07, 6.45) is 0.0563. The van der Waals surface area contributed by atoms with Crippen molar-refractivity contribution in [3.63, 3.8) is 0 Å². The summed E-state index contributed by atoms with van der Waals surface area (Å²) < 4.78 is 10.3. The molecule has 0 radical (unpaired) electrons. The van der Waals surface area contributed by atoms with Gasteiger partial charge in [0.05, 0.1) is 19.1 Å². The van der Waals surface area contributed by atoms with Crippen LogP contribution in [0.3, 0.4) is 0 Å². The van der Waals surface area contributed by atoms with Crippen LogP contribution in [0.1, 0.15) is 24.9 Å². The van der Waals surface area contributed by atoms with Crippen molar-refractivity contribution in [3.05, 3.63) is 64.1 Å². The van der Waals surface area contributed by atoms with Crippen molar-refractivity contribution in [3.8, 4) is 5.75 Å². The van der Waals surface area contributed by atoms with Gasteiger partial charge >= 0.3 is 5.97 Å². The lowest BCUT2D eigenvalue weighted by atomic mass is 10.1. The second-order valence-corrected chi connectivity index (χ2v) is 6.37. The Morgan fingerprint density at radius 3 is 2.54 bits per heavy atom. The van der Waals surface area contributed by atoms with Gasteiger partial charge in [-0.1, -0.05) is 47.5 Å². The lowest BCUT2D eigenvalue weighted by Crippen LogP contribution is -2.31. The van der Waals surface area contributed by atoms with Crippen LogP contribution in [0.4, 0.5) is 0 Å². The lowest BCUT2D eigenvalue weighted by molar-refractivity contribution is -0.149. The number of amides is 1. The molecule has 0 bridgehead atoms. The van der Waals surface area contributed by atoms with Crippen LogP contribution in [0.5, 0.6) is 5.75 Å². The molecule has 7 heteroatoms. The molecule has 0 heterocycles. The van der Waals surface area contributed by atoms with E-state index < -0.39 is 11.9 Å². The van der Waals surface area contributed by atoms with E-state index in [0.717, 1.165) is 5.56 Å². The molecular formula is C19H19Cl2NO4. The molecule has 26 heavy (non-hydrogen) atoms. The number of hydrogen-bond donors (Lipinski definition) is 1. The highest BCUT2D eigenvalue weighted by Crippen LogP contribution is 2.25. The minimum Gasteiger partial charge on any atom is -0.493 e. The highest BCUT2D eigenvalue weighted by atomic mass is 35.5. The summed E-state index contributed by atoms with van der Waals surface area (Å²) in [5.41, 5.74) is 0.729. The van der Waals surface area contributed by atoms with E-state index in [-0.39, 0.29) is 25.7 Å². The Bertz CT molecular complexity index is 752. The SMILES string of the molecule is C[C@H](NC(=O)COC(=O)CCOc1ccccc1)c1ccc(Cl)cc1Cl. The van der Waals surface area contributed by atoms with E-state index in [9.17, 15) is 9.59 Å². The zero-order valence-electron chi connectivity index (χ0n) is 14.2. The number of nitrogens with one attached hydrogen (secondary N) is 1. The fourth-order valence-corrected chi connectivity index (χ4v) is 2.77. The van der Waals surface area contributed by atoms with E-state index in [1.165, 1.54) is 0 Å². The second kappa shape index (κ2) is 10.0. The first-order valence-electron chi connectivity index (χ1n) is 8.03. The van der Waals surface area contributed by atoms with E-state index in [0.29, 0.717) is 15.8 Å². The molecule has 5 nitrogen and oxygen atoms in total. The van der Waals surface area contributed by atoms with Crippen molar-refractivity contribution < 1.29 is 19.1 Å². The predicted octanol–water partition coefficient (Wildman–Crippen LogP) is 4.18. The Labute approximate surface area is 162 Å². The van der Waals surface area contributed by atoms with Gasteiger partial charge in [0.1, 0.15) is 5.75 Å². The van der Waals surface area contributed by atoms with Crippen molar-refractivity contribution in [2.24, 2.45) is 0 Å². The number of para-hydroxylation sites is 1. The van der Waals surface area contributed by atoms with Crippen molar-refractivity contribution in [1.82, 2.24) is 5.32 Å². The molecule has 0 saturated carbocycles. The Morgan fingerprint density at radius 2 is 1.85 bits per heavy atom. The number of ether oxygens (including phenoxy) is 2. The molecule has 2 aromatic rings. The fourth-order valence-electron chi connectivity index (χ4n) is 2.20. The highest BCUT2D eigenvalue weighted by molar-refractivity contribution is 6.35. The van der Waals surface area contributed by atoms with Gasteiger partial charge in [0.2, 0.25) is 0 Å². The number of rotatable bonds is 8. The average Bonchev–Trinajstić information content (AvgIpc) is 2.60. The Balaban J connectivity index is 1.69. The summed E-state index contributed by atoms with van der Waals surface area (Å²) >= 11 is 12.0. The number of carbonyl (C=O) groups excluding carboxylic acids is 2. The Morgan fingerprint density at radius 1 is 1.12 bits per heavy atom. The second-order valence-electron chi connectivity index (χ2n) is 5.53. The van der Waals surface area contributed by atoms with Gasteiger partial charge in [-0.15, -0.1) is 0 Å². The van der Waals surface area contributed by atoms with E-state index in [1.54, 1.807) is 37.3 Å². The van der Waals surface area contributed by atoms with Gasteiger partial charge in [-0.2, -0.15) is 0 Å². The van der Waals surface area contributed by atoms with Gasteiger partial charge in [0, 0.05) is 10.0 Å². The number of esters is 1. The Kier molecular flexibility index (Phi) is 7.75. The normalized spacial score (nSPS) is 11.5. The molecule has 0 aromatic heterocycles. The minimum atomic E-state index is -0.506. The summed E-state index contributed by atoms with van der Waals surface area (Å²) in [4.78, 5) is 23.6. The monoisotopic (exact) mass is 395 g/mol. The molecule has 0 aliphatic rings. The van der Waals surface area contributed by atoms with Crippen molar-refractivity contribution in [2.75, 3.05) is 13.2 Å². The lowest BCUT2D eigenvalue weighted by Gasteiger charge is -2.16. The van der Waals surface area contributed by atoms with Gasteiger partial charge in [0.25, 0.3) is 5.91 Å². The number of hydrogen-bond acceptors (Lipinski definition) is 4. The molecule has 1 amide bonds. The number of halogens is 2. The molecule has 1 atom stereocenters. The van der Waals surface area contributed by atoms with E-state index >= 15 is 0 Å². The number of benzene rings is 2. The van der Waals surface area contributed by atoms with Gasteiger partial charge in [-0.05, 0) is 36.8 Å². The van der Waals surface area contributed by atoms with Crippen LogP contribution in [0, 0.1) is 0 Å². The molecule has 2 rings (SSSR count). The van der Waals surface area contributed by atoms with Gasteiger partial charge in [-0.25, -0.2) is 0 Å². The third kappa shape index (κ3) is 6.58. The van der Waals surface area contributed by atoms with Crippen LogP contribution in [0.15, 0.2) is 48.5 Å². The topological polar surface area (TPSA) is 64.6 Å². The third-order valence-corrected chi connectivity index (χ3v) is 4.05. The Hall–Kier alpha value is -2.24. The minimum absolute atomic E-state index is 0.0563. The molecule has 0 spiro atoms. The van der Waals surface area contributed by atoms with Gasteiger partial charge in [-0.3, -0.25) is 9.59 Å². The summed E-state index contributed by atoms with van der Waals surface area (Å²) in [7, 11) is 0. The molecular weight excluding hydrogens is 377 g/mol. The van der Waals surface area contributed by atoms with Crippen LogP contribution in [-0.4, -0.2) is 25.1 Å². The number of carbonyl (C=O) groups is 2. The molecule has 0 aliphatic heterocycles. The molecule has 138 valence electrons. The first kappa shape index (κ1) is 20.1. The first-order chi connectivity index (χ1) is 12.5. The molecule has 0 saturated heterocycles. The van der Waals surface area contributed by atoms with Gasteiger partial charge in [0.15, 0.2) is 6.61 Å². The zero-order chi connectivity index (χ0) is 18.9. The van der Waals surface area contributed by atoms with Crippen LogP contribution >= 0.6 is 23.2 Å². The summed E-state index contributed by atoms with van der Waals surface area (Å²) in [5.74, 6) is -0.249. The molecule has 0 fully saturated rings. The molecule has 0 aliphatic carbocycles. The molecule has 0 unspecified atom stereocenters.